The number of carbonyl (C=O) groups excluding carboxylic acids is 1. The number of hydrogen-bond donors (Lipinski definition) is 1. The number of aryl methyl sites for hydroxylation is 1. The Bertz CT molecular complexity index is 896. The molecule has 0 aliphatic heterocycles. The monoisotopic (exact) mass is 330 g/mol. The molecule has 5 heteroatoms. The summed E-state index contributed by atoms with van der Waals surface area (Å²) in [6, 6.07) is 21.3. The van der Waals surface area contributed by atoms with Gasteiger partial charge < -0.3 is 0 Å². The molecule has 0 saturated carbocycles. The average Bonchev–Trinajstić information content (AvgIpc) is 3.10. The van der Waals surface area contributed by atoms with E-state index in [0.717, 1.165) is 11.1 Å². The molecule has 0 unspecified atom stereocenters. The number of nitrogens with zero attached hydrogens (tertiary/aromatic N) is 3. The highest BCUT2D eigenvalue weighted by Gasteiger charge is 2.08. The zero-order chi connectivity index (χ0) is 17.5. The van der Waals surface area contributed by atoms with E-state index in [2.05, 4.69) is 15.6 Å². The first-order chi connectivity index (χ1) is 12.2. The standard InChI is InChI=1S/C20H18N4O/c1-24-15-14-19(23-24)20(25)22-21-18(17-10-6-3-7-11-17)13-12-16-8-4-2-5-9-16/h2-15H,1H3,(H,22,25)/b13-12-,21-18?. The van der Waals surface area contributed by atoms with Crippen molar-refractivity contribution in [2.75, 3.05) is 0 Å². The quantitative estimate of drug-likeness (QED) is 0.576. The van der Waals surface area contributed by atoms with Crippen LogP contribution >= 0.6 is 0 Å². The van der Waals surface area contributed by atoms with Gasteiger partial charge in [-0.25, -0.2) is 5.43 Å². The van der Waals surface area contributed by atoms with Crippen LogP contribution in [0.3, 0.4) is 0 Å². The minimum atomic E-state index is -0.345. The van der Waals surface area contributed by atoms with Crippen molar-refractivity contribution in [1.29, 1.82) is 0 Å². The van der Waals surface area contributed by atoms with Crippen molar-refractivity contribution in [3.8, 4) is 0 Å². The smallest absolute Gasteiger partial charge is 0.275 e. The maximum Gasteiger partial charge on any atom is 0.291 e. The van der Waals surface area contributed by atoms with Gasteiger partial charge in [-0.1, -0.05) is 66.7 Å². The Hall–Kier alpha value is -3.47. The Labute approximate surface area is 146 Å². The third-order valence-corrected chi connectivity index (χ3v) is 3.53. The second kappa shape index (κ2) is 7.88. The Morgan fingerprint density at radius 2 is 1.72 bits per heavy atom. The van der Waals surface area contributed by atoms with Gasteiger partial charge in [0.25, 0.3) is 5.91 Å². The summed E-state index contributed by atoms with van der Waals surface area (Å²) in [6.07, 6.45) is 5.55. The number of benzene rings is 2. The third kappa shape index (κ3) is 4.51. The van der Waals surface area contributed by atoms with E-state index in [1.54, 1.807) is 24.0 Å². The third-order valence-electron chi connectivity index (χ3n) is 3.53. The van der Waals surface area contributed by atoms with E-state index < -0.39 is 0 Å². The molecule has 1 amide bonds. The molecule has 0 bridgehead atoms. The van der Waals surface area contributed by atoms with Crippen LogP contribution in [-0.4, -0.2) is 21.4 Å². The minimum absolute atomic E-state index is 0.325. The maximum absolute atomic E-state index is 12.1. The molecule has 1 N–H and O–H groups in total. The van der Waals surface area contributed by atoms with E-state index in [-0.39, 0.29) is 5.91 Å². The lowest BCUT2D eigenvalue weighted by molar-refractivity contribution is 0.0949. The predicted octanol–water partition coefficient (Wildman–Crippen LogP) is 3.27. The molecule has 0 aliphatic rings. The topological polar surface area (TPSA) is 59.3 Å². The average molecular weight is 330 g/mol. The van der Waals surface area contributed by atoms with Crippen molar-refractivity contribution in [2.24, 2.45) is 12.1 Å². The fourth-order valence-corrected chi connectivity index (χ4v) is 2.25. The van der Waals surface area contributed by atoms with Gasteiger partial charge in [0.15, 0.2) is 5.69 Å². The molecule has 0 spiro atoms. The molecule has 3 rings (SSSR count). The fraction of sp³-hybridized carbons (Fsp3) is 0.0500. The van der Waals surface area contributed by atoms with Gasteiger partial charge in [0.1, 0.15) is 0 Å². The summed E-state index contributed by atoms with van der Waals surface area (Å²) in [7, 11) is 1.76. The predicted molar refractivity (Wildman–Crippen MR) is 99.1 cm³/mol. The van der Waals surface area contributed by atoms with E-state index in [4.69, 9.17) is 0 Å². The highest BCUT2D eigenvalue weighted by molar-refractivity contribution is 6.11. The molecular formula is C20H18N4O. The zero-order valence-corrected chi connectivity index (χ0v) is 13.8. The van der Waals surface area contributed by atoms with Crippen LogP contribution < -0.4 is 5.43 Å². The highest BCUT2D eigenvalue weighted by Crippen LogP contribution is 2.07. The maximum atomic E-state index is 12.1. The second-order valence-corrected chi connectivity index (χ2v) is 5.42. The van der Waals surface area contributed by atoms with E-state index in [9.17, 15) is 4.79 Å². The van der Waals surface area contributed by atoms with Gasteiger partial charge in [-0.05, 0) is 17.7 Å². The summed E-state index contributed by atoms with van der Waals surface area (Å²) in [4.78, 5) is 12.1. The van der Waals surface area contributed by atoms with Gasteiger partial charge in [0.05, 0.1) is 5.71 Å². The summed E-state index contributed by atoms with van der Waals surface area (Å²) in [6.45, 7) is 0. The van der Waals surface area contributed by atoms with E-state index in [1.807, 2.05) is 72.8 Å². The summed E-state index contributed by atoms with van der Waals surface area (Å²) in [5.74, 6) is -0.345. The summed E-state index contributed by atoms with van der Waals surface area (Å²) in [5, 5.41) is 8.35. The summed E-state index contributed by atoms with van der Waals surface area (Å²) in [5.41, 5.74) is 5.53. The van der Waals surface area contributed by atoms with Crippen LogP contribution in [0, 0.1) is 0 Å². The molecule has 1 heterocycles. The van der Waals surface area contributed by atoms with Gasteiger partial charge in [-0.15, -0.1) is 0 Å². The lowest BCUT2D eigenvalue weighted by Crippen LogP contribution is -2.20. The van der Waals surface area contributed by atoms with Crippen LogP contribution in [-0.2, 0) is 7.05 Å². The SMILES string of the molecule is Cn1ccc(C(=O)NN=C(/C=C\c2ccccc2)c2ccccc2)n1. The number of rotatable bonds is 5. The number of allylic oxidation sites excluding steroid dienone is 1. The Kier molecular flexibility index (Phi) is 5.16. The number of nitrogens with one attached hydrogen (secondary N) is 1. The van der Waals surface area contributed by atoms with Gasteiger partial charge in [-0.2, -0.15) is 10.2 Å². The molecule has 5 nitrogen and oxygen atoms in total. The zero-order valence-electron chi connectivity index (χ0n) is 13.8. The van der Waals surface area contributed by atoms with Crippen LogP contribution in [0.15, 0.2) is 84.1 Å². The largest absolute Gasteiger partial charge is 0.291 e. The number of carbonyl (C=O) groups is 1. The minimum Gasteiger partial charge on any atom is -0.275 e. The van der Waals surface area contributed by atoms with Crippen molar-refractivity contribution in [1.82, 2.24) is 15.2 Å². The lowest BCUT2D eigenvalue weighted by atomic mass is 10.1. The van der Waals surface area contributed by atoms with Crippen LogP contribution in [0.4, 0.5) is 0 Å². The van der Waals surface area contributed by atoms with Crippen LogP contribution in [0.2, 0.25) is 0 Å². The molecule has 25 heavy (non-hydrogen) atoms. The molecule has 1 aromatic heterocycles. The molecule has 0 radical (unpaired) electrons. The van der Waals surface area contributed by atoms with E-state index in [1.165, 1.54) is 0 Å². The van der Waals surface area contributed by atoms with Gasteiger partial charge in [0.2, 0.25) is 0 Å². The van der Waals surface area contributed by atoms with Gasteiger partial charge in [0, 0.05) is 18.8 Å². The van der Waals surface area contributed by atoms with Crippen LogP contribution in [0.1, 0.15) is 21.6 Å². The molecule has 124 valence electrons. The molecule has 3 aromatic rings. The molecule has 2 aromatic carbocycles. The van der Waals surface area contributed by atoms with E-state index in [0.29, 0.717) is 11.4 Å². The van der Waals surface area contributed by atoms with Crippen molar-refractivity contribution in [2.45, 2.75) is 0 Å². The fourth-order valence-electron chi connectivity index (χ4n) is 2.25. The molecule has 0 fully saturated rings. The number of hydrogen-bond acceptors (Lipinski definition) is 3. The number of amides is 1. The normalized spacial score (nSPS) is 11.6. The molecule has 0 saturated heterocycles. The molecule has 0 aliphatic carbocycles. The van der Waals surface area contributed by atoms with Crippen molar-refractivity contribution < 1.29 is 4.79 Å². The van der Waals surface area contributed by atoms with Crippen LogP contribution in [0.25, 0.3) is 6.08 Å². The highest BCUT2D eigenvalue weighted by atomic mass is 16.2. The summed E-state index contributed by atoms with van der Waals surface area (Å²) < 4.78 is 1.58. The van der Waals surface area contributed by atoms with E-state index >= 15 is 0 Å². The first kappa shape index (κ1) is 16.4. The van der Waals surface area contributed by atoms with Gasteiger partial charge in [-0.3, -0.25) is 9.48 Å². The lowest BCUT2D eigenvalue weighted by Gasteiger charge is -2.03. The van der Waals surface area contributed by atoms with Crippen LogP contribution in [0.5, 0.6) is 0 Å². The van der Waals surface area contributed by atoms with Crippen molar-refractivity contribution >= 4 is 17.7 Å². The number of aromatic nitrogens is 2. The Balaban J connectivity index is 1.83. The summed E-state index contributed by atoms with van der Waals surface area (Å²) >= 11 is 0. The van der Waals surface area contributed by atoms with Crippen molar-refractivity contribution in [3.63, 3.8) is 0 Å². The Morgan fingerprint density at radius 1 is 1.04 bits per heavy atom. The Morgan fingerprint density at radius 3 is 2.36 bits per heavy atom. The first-order valence-electron chi connectivity index (χ1n) is 7.88. The number of hydrazone groups is 1. The molecule has 0 atom stereocenters. The first-order valence-corrected chi connectivity index (χ1v) is 7.88. The van der Waals surface area contributed by atoms with Crippen molar-refractivity contribution in [3.05, 3.63) is 95.8 Å². The molecular weight excluding hydrogens is 312 g/mol. The van der Waals surface area contributed by atoms with Gasteiger partial charge >= 0.3 is 0 Å². The second-order valence-electron chi connectivity index (χ2n) is 5.42.